The summed E-state index contributed by atoms with van der Waals surface area (Å²) in [4.78, 5) is 26.4. The van der Waals surface area contributed by atoms with Crippen LogP contribution in [0.2, 0.25) is 0 Å². The standard InChI is InChI=1S/C15H26N2O2/c1-4-5-6-7-10(2)17-11(3)14(18)16-13(15(17)19)12-8-9-12/h10-13H,4-9H2,1-3H3,(H,16,18). The Labute approximate surface area is 115 Å². The second kappa shape index (κ2) is 5.93. The lowest BCUT2D eigenvalue weighted by Crippen LogP contribution is -2.65. The van der Waals surface area contributed by atoms with Crippen molar-refractivity contribution >= 4 is 11.8 Å². The molecule has 1 saturated carbocycles. The maximum Gasteiger partial charge on any atom is 0.246 e. The minimum absolute atomic E-state index is 0.0128. The van der Waals surface area contributed by atoms with E-state index in [1.165, 1.54) is 12.8 Å². The minimum atomic E-state index is -0.320. The first-order valence-electron chi connectivity index (χ1n) is 7.68. The summed E-state index contributed by atoms with van der Waals surface area (Å²) in [5.74, 6) is 0.534. The second-order valence-electron chi connectivity index (χ2n) is 6.09. The highest BCUT2D eigenvalue weighted by molar-refractivity contribution is 5.97. The number of hydrogen-bond acceptors (Lipinski definition) is 2. The smallest absolute Gasteiger partial charge is 0.246 e. The van der Waals surface area contributed by atoms with Gasteiger partial charge in [-0.2, -0.15) is 0 Å². The molecule has 3 unspecified atom stereocenters. The van der Waals surface area contributed by atoms with Crippen molar-refractivity contribution in [3.63, 3.8) is 0 Å². The monoisotopic (exact) mass is 266 g/mol. The van der Waals surface area contributed by atoms with Gasteiger partial charge in [-0.1, -0.05) is 26.2 Å². The van der Waals surface area contributed by atoms with Crippen molar-refractivity contribution in [3.05, 3.63) is 0 Å². The summed E-state index contributed by atoms with van der Waals surface area (Å²) in [5.41, 5.74) is 0. The number of nitrogens with one attached hydrogen (secondary N) is 1. The molecular weight excluding hydrogens is 240 g/mol. The largest absolute Gasteiger partial charge is 0.342 e. The van der Waals surface area contributed by atoms with E-state index in [1.807, 2.05) is 11.8 Å². The van der Waals surface area contributed by atoms with Gasteiger partial charge in [-0.25, -0.2) is 0 Å². The van der Waals surface area contributed by atoms with Crippen molar-refractivity contribution in [1.29, 1.82) is 0 Å². The Morgan fingerprint density at radius 2 is 2.00 bits per heavy atom. The number of piperazine rings is 1. The average Bonchev–Trinajstić information content (AvgIpc) is 3.18. The van der Waals surface area contributed by atoms with E-state index in [1.54, 1.807) is 0 Å². The quantitative estimate of drug-likeness (QED) is 0.748. The van der Waals surface area contributed by atoms with E-state index in [4.69, 9.17) is 0 Å². The zero-order valence-electron chi connectivity index (χ0n) is 12.3. The van der Waals surface area contributed by atoms with Gasteiger partial charge in [0.2, 0.25) is 11.8 Å². The van der Waals surface area contributed by atoms with Crippen molar-refractivity contribution in [2.24, 2.45) is 5.92 Å². The molecule has 19 heavy (non-hydrogen) atoms. The third-order valence-electron chi connectivity index (χ3n) is 4.41. The minimum Gasteiger partial charge on any atom is -0.342 e. The predicted molar refractivity (Wildman–Crippen MR) is 74.6 cm³/mol. The Bertz CT molecular complexity index is 352. The Balaban J connectivity index is 2.01. The average molecular weight is 266 g/mol. The van der Waals surface area contributed by atoms with Crippen LogP contribution in [0.25, 0.3) is 0 Å². The highest BCUT2D eigenvalue weighted by Gasteiger charge is 2.46. The van der Waals surface area contributed by atoms with Crippen molar-refractivity contribution in [1.82, 2.24) is 10.2 Å². The number of carbonyl (C=O) groups is 2. The SMILES string of the molecule is CCCCCC(C)N1C(=O)C(C2CC2)NC(=O)C1C. The molecule has 0 spiro atoms. The van der Waals surface area contributed by atoms with E-state index in [-0.39, 0.29) is 29.9 Å². The summed E-state index contributed by atoms with van der Waals surface area (Å²) in [6.07, 6.45) is 6.64. The van der Waals surface area contributed by atoms with Crippen LogP contribution in [0, 0.1) is 5.92 Å². The lowest BCUT2D eigenvalue weighted by Gasteiger charge is -2.41. The Kier molecular flexibility index (Phi) is 4.48. The Hall–Kier alpha value is -1.06. The summed E-state index contributed by atoms with van der Waals surface area (Å²) >= 11 is 0. The van der Waals surface area contributed by atoms with Crippen LogP contribution >= 0.6 is 0 Å². The Morgan fingerprint density at radius 3 is 2.58 bits per heavy atom. The van der Waals surface area contributed by atoms with E-state index in [0.717, 1.165) is 25.7 Å². The number of unbranched alkanes of at least 4 members (excludes halogenated alkanes) is 2. The van der Waals surface area contributed by atoms with Crippen LogP contribution in [0.1, 0.15) is 59.3 Å². The molecular formula is C15H26N2O2. The van der Waals surface area contributed by atoms with Gasteiger partial charge in [0.15, 0.2) is 0 Å². The summed E-state index contributed by atoms with van der Waals surface area (Å²) in [7, 11) is 0. The van der Waals surface area contributed by atoms with Crippen molar-refractivity contribution in [3.8, 4) is 0 Å². The molecule has 2 aliphatic rings. The molecule has 0 aromatic heterocycles. The first-order chi connectivity index (χ1) is 9.06. The van der Waals surface area contributed by atoms with Gasteiger partial charge in [0, 0.05) is 6.04 Å². The topological polar surface area (TPSA) is 49.4 Å². The third kappa shape index (κ3) is 3.10. The molecule has 108 valence electrons. The molecule has 0 bridgehead atoms. The molecule has 4 nitrogen and oxygen atoms in total. The molecule has 2 rings (SSSR count). The van der Waals surface area contributed by atoms with Crippen LogP contribution in [0.15, 0.2) is 0 Å². The van der Waals surface area contributed by atoms with Crippen molar-refractivity contribution in [2.45, 2.75) is 77.4 Å². The molecule has 1 N–H and O–H groups in total. The molecule has 1 aliphatic carbocycles. The first-order valence-corrected chi connectivity index (χ1v) is 7.68. The second-order valence-corrected chi connectivity index (χ2v) is 6.09. The van der Waals surface area contributed by atoms with Crippen LogP contribution < -0.4 is 5.32 Å². The van der Waals surface area contributed by atoms with Crippen LogP contribution in [-0.2, 0) is 9.59 Å². The van der Waals surface area contributed by atoms with Gasteiger partial charge in [-0.15, -0.1) is 0 Å². The molecule has 1 saturated heterocycles. The zero-order chi connectivity index (χ0) is 14.0. The maximum atomic E-state index is 12.5. The van der Waals surface area contributed by atoms with Crippen LogP contribution in [-0.4, -0.2) is 34.8 Å². The van der Waals surface area contributed by atoms with Gasteiger partial charge < -0.3 is 10.2 Å². The molecule has 1 heterocycles. The normalized spacial score (nSPS) is 29.3. The Morgan fingerprint density at radius 1 is 1.32 bits per heavy atom. The van der Waals surface area contributed by atoms with Crippen LogP contribution in [0.3, 0.4) is 0 Å². The third-order valence-corrected chi connectivity index (χ3v) is 4.41. The number of rotatable bonds is 6. The summed E-state index contributed by atoms with van der Waals surface area (Å²) in [6, 6.07) is -0.405. The molecule has 3 atom stereocenters. The molecule has 0 aromatic carbocycles. The lowest BCUT2D eigenvalue weighted by atomic mass is 10.00. The molecule has 0 radical (unpaired) electrons. The van der Waals surface area contributed by atoms with E-state index < -0.39 is 0 Å². The van der Waals surface area contributed by atoms with E-state index in [0.29, 0.717) is 5.92 Å². The number of nitrogens with zero attached hydrogens (tertiary/aromatic N) is 1. The first kappa shape index (κ1) is 14.4. The molecule has 0 aromatic rings. The van der Waals surface area contributed by atoms with E-state index in [2.05, 4.69) is 19.2 Å². The van der Waals surface area contributed by atoms with Crippen molar-refractivity contribution in [2.75, 3.05) is 0 Å². The molecule has 2 amide bonds. The fraction of sp³-hybridized carbons (Fsp3) is 0.867. The van der Waals surface area contributed by atoms with Gasteiger partial charge in [-0.3, -0.25) is 9.59 Å². The van der Waals surface area contributed by atoms with Gasteiger partial charge >= 0.3 is 0 Å². The van der Waals surface area contributed by atoms with Crippen LogP contribution in [0.5, 0.6) is 0 Å². The summed E-state index contributed by atoms with van der Waals surface area (Å²) in [6.45, 7) is 6.09. The van der Waals surface area contributed by atoms with Gasteiger partial charge in [0.1, 0.15) is 12.1 Å². The molecule has 2 fully saturated rings. The highest BCUT2D eigenvalue weighted by Crippen LogP contribution is 2.35. The van der Waals surface area contributed by atoms with Gasteiger partial charge in [0.25, 0.3) is 0 Å². The fourth-order valence-corrected chi connectivity index (χ4v) is 2.99. The summed E-state index contributed by atoms with van der Waals surface area (Å²) < 4.78 is 0. The number of carbonyl (C=O) groups excluding carboxylic acids is 2. The fourth-order valence-electron chi connectivity index (χ4n) is 2.99. The number of hydrogen-bond donors (Lipinski definition) is 1. The molecule has 1 aliphatic heterocycles. The van der Waals surface area contributed by atoms with Crippen molar-refractivity contribution < 1.29 is 9.59 Å². The van der Waals surface area contributed by atoms with E-state index in [9.17, 15) is 9.59 Å². The zero-order valence-corrected chi connectivity index (χ0v) is 12.3. The van der Waals surface area contributed by atoms with E-state index >= 15 is 0 Å². The van der Waals surface area contributed by atoms with Crippen LogP contribution in [0.4, 0.5) is 0 Å². The predicted octanol–water partition coefficient (Wildman–Crippen LogP) is 2.08. The molecule has 4 heteroatoms. The highest BCUT2D eigenvalue weighted by atomic mass is 16.2. The van der Waals surface area contributed by atoms with Gasteiger partial charge in [-0.05, 0) is 39.0 Å². The summed E-state index contributed by atoms with van der Waals surface area (Å²) in [5, 5.41) is 2.90. The number of amides is 2. The maximum absolute atomic E-state index is 12.5. The lowest BCUT2D eigenvalue weighted by molar-refractivity contribution is -0.151. The van der Waals surface area contributed by atoms with Gasteiger partial charge in [0.05, 0.1) is 0 Å².